The van der Waals surface area contributed by atoms with Gasteiger partial charge in [0.15, 0.2) is 5.65 Å². The van der Waals surface area contributed by atoms with Crippen molar-refractivity contribution in [2.75, 3.05) is 0 Å². The van der Waals surface area contributed by atoms with E-state index in [4.69, 9.17) is 0 Å². The summed E-state index contributed by atoms with van der Waals surface area (Å²) in [5, 5.41) is 0. The van der Waals surface area contributed by atoms with Gasteiger partial charge in [-0.2, -0.15) is 0 Å². The largest absolute Gasteiger partial charge is 0.339 e. The fourth-order valence-corrected chi connectivity index (χ4v) is 1.57. The summed E-state index contributed by atoms with van der Waals surface area (Å²) in [4.78, 5) is 40.4. The predicted octanol–water partition coefficient (Wildman–Crippen LogP) is -0.988. The summed E-state index contributed by atoms with van der Waals surface area (Å²) in [6.45, 7) is 0.0873. The fourth-order valence-electron chi connectivity index (χ4n) is 1.57. The SMILES string of the molecule is Cn1c(=O)n(CCC=O)c(=O)c2[nH]cnc21. The number of hydrogen-bond donors (Lipinski definition) is 1. The Morgan fingerprint density at radius 2 is 2.25 bits per heavy atom. The number of fused-ring (bicyclic) bond motifs is 1. The van der Waals surface area contributed by atoms with E-state index in [1.54, 1.807) is 0 Å². The van der Waals surface area contributed by atoms with Gasteiger partial charge >= 0.3 is 5.69 Å². The van der Waals surface area contributed by atoms with Gasteiger partial charge < -0.3 is 9.78 Å². The van der Waals surface area contributed by atoms with Crippen molar-refractivity contribution in [1.29, 1.82) is 0 Å². The van der Waals surface area contributed by atoms with Crippen LogP contribution in [-0.2, 0) is 18.4 Å². The Morgan fingerprint density at radius 3 is 2.94 bits per heavy atom. The molecule has 2 aromatic heterocycles. The van der Waals surface area contributed by atoms with Crippen molar-refractivity contribution >= 4 is 17.5 Å². The lowest BCUT2D eigenvalue weighted by molar-refractivity contribution is -0.108. The number of aromatic nitrogens is 4. The molecule has 2 heterocycles. The lowest BCUT2D eigenvalue weighted by atomic mass is 10.4. The van der Waals surface area contributed by atoms with Gasteiger partial charge in [-0.25, -0.2) is 9.78 Å². The van der Waals surface area contributed by atoms with Crippen molar-refractivity contribution < 1.29 is 4.79 Å². The van der Waals surface area contributed by atoms with Crippen LogP contribution in [0.4, 0.5) is 0 Å². The highest BCUT2D eigenvalue weighted by molar-refractivity contribution is 5.68. The van der Waals surface area contributed by atoms with E-state index in [2.05, 4.69) is 9.97 Å². The zero-order valence-electron chi connectivity index (χ0n) is 8.64. The molecule has 0 saturated carbocycles. The Kier molecular flexibility index (Phi) is 2.43. The van der Waals surface area contributed by atoms with Crippen molar-refractivity contribution in [1.82, 2.24) is 19.1 Å². The second-order valence-electron chi connectivity index (χ2n) is 3.35. The summed E-state index contributed by atoms with van der Waals surface area (Å²) in [6.07, 6.45) is 2.16. The highest BCUT2D eigenvalue weighted by Gasteiger charge is 2.11. The highest BCUT2D eigenvalue weighted by Crippen LogP contribution is 1.98. The maximum atomic E-state index is 11.8. The fraction of sp³-hybridized carbons (Fsp3) is 0.333. The summed E-state index contributed by atoms with van der Waals surface area (Å²) >= 11 is 0. The molecule has 0 saturated heterocycles. The van der Waals surface area contributed by atoms with Gasteiger partial charge in [-0.15, -0.1) is 0 Å². The molecule has 0 unspecified atom stereocenters. The van der Waals surface area contributed by atoms with E-state index >= 15 is 0 Å². The minimum absolute atomic E-state index is 0.0873. The molecule has 1 N–H and O–H groups in total. The van der Waals surface area contributed by atoms with Gasteiger partial charge in [0, 0.05) is 20.0 Å². The summed E-state index contributed by atoms with van der Waals surface area (Å²) in [7, 11) is 1.53. The van der Waals surface area contributed by atoms with E-state index in [0.717, 1.165) is 4.57 Å². The lowest BCUT2D eigenvalue weighted by Gasteiger charge is -2.05. The quantitative estimate of drug-likeness (QED) is 0.675. The molecule has 16 heavy (non-hydrogen) atoms. The Bertz CT molecular complexity index is 649. The van der Waals surface area contributed by atoms with E-state index in [0.29, 0.717) is 11.9 Å². The first-order chi connectivity index (χ1) is 7.66. The number of carbonyl (C=O) groups is 1. The predicted molar refractivity (Wildman–Crippen MR) is 56.3 cm³/mol. The maximum absolute atomic E-state index is 11.8. The number of nitrogens with zero attached hydrogens (tertiary/aromatic N) is 3. The number of aldehydes is 1. The number of nitrogens with one attached hydrogen (secondary N) is 1. The van der Waals surface area contributed by atoms with E-state index < -0.39 is 11.2 Å². The van der Waals surface area contributed by atoms with Crippen molar-refractivity contribution in [3.63, 3.8) is 0 Å². The topological polar surface area (TPSA) is 89.8 Å². The van der Waals surface area contributed by atoms with Gasteiger partial charge in [0.05, 0.1) is 6.33 Å². The molecule has 0 radical (unpaired) electrons. The highest BCUT2D eigenvalue weighted by atomic mass is 16.2. The number of aryl methyl sites for hydroxylation is 1. The maximum Gasteiger partial charge on any atom is 0.332 e. The first-order valence-corrected chi connectivity index (χ1v) is 4.73. The molecular weight excluding hydrogens is 212 g/mol. The molecule has 7 heteroatoms. The molecular formula is C9H10N4O3. The zero-order chi connectivity index (χ0) is 11.7. The Morgan fingerprint density at radius 1 is 1.50 bits per heavy atom. The first kappa shape index (κ1) is 10.3. The number of H-pyrrole nitrogens is 1. The molecule has 0 bridgehead atoms. The Labute approximate surface area is 89.3 Å². The summed E-state index contributed by atoms with van der Waals surface area (Å²) in [5.74, 6) is 0. The van der Waals surface area contributed by atoms with Crippen LogP contribution in [0.1, 0.15) is 6.42 Å². The molecule has 0 aliphatic carbocycles. The van der Waals surface area contributed by atoms with Crippen LogP contribution < -0.4 is 11.2 Å². The van der Waals surface area contributed by atoms with Crippen LogP contribution in [0.2, 0.25) is 0 Å². The van der Waals surface area contributed by atoms with Crippen molar-refractivity contribution in [3.8, 4) is 0 Å². The average molecular weight is 222 g/mol. The molecule has 0 atom stereocenters. The molecule has 84 valence electrons. The number of carbonyl (C=O) groups excluding carboxylic acids is 1. The number of aromatic amines is 1. The van der Waals surface area contributed by atoms with Crippen LogP contribution in [-0.4, -0.2) is 25.4 Å². The second kappa shape index (κ2) is 3.76. The van der Waals surface area contributed by atoms with Crippen LogP contribution in [0.15, 0.2) is 15.9 Å². The molecule has 0 aliphatic heterocycles. The van der Waals surface area contributed by atoms with Crippen molar-refractivity contribution in [3.05, 3.63) is 27.2 Å². The van der Waals surface area contributed by atoms with E-state index in [9.17, 15) is 14.4 Å². The summed E-state index contributed by atoms with van der Waals surface area (Å²) < 4.78 is 2.30. The molecule has 7 nitrogen and oxygen atoms in total. The molecule has 0 fully saturated rings. The van der Waals surface area contributed by atoms with E-state index in [1.165, 1.54) is 17.9 Å². The van der Waals surface area contributed by atoms with Gasteiger partial charge in [-0.3, -0.25) is 13.9 Å². The lowest BCUT2D eigenvalue weighted by Crippen LogP contribution is -2.39. The van der Waals surface area contributed by atoms with Gasteiger partial charge in [0.25, 0.3) is 5.56 Å². The molecule has 2 rings (SSSR count). The standard InChI is InChI=1S/C9H10N4O3/c1-12-7-6(10-5-11-7)8(15)13(9(12)16)3-2-4-14/h4-5H,2-3H2,1H3,(H,10,11). The van der Waals surface area contributed by atoms with Gasteiger partial charge in [0.1, 0.15) is 11.8 Å². The molecule has 0 aromatic carbocycles. The average Bonchev–Trinajstić information content (AvgIpc) is 2.75. The molecule has 0 aliphatic rings. The Balaban J connectivity index is 2.78. The van der Waals surface area contributed by atoms with Crippen LogP contribution in [0.25, 0.3) is 11.2 Å². The van der Waals surface area contributed by atoms with Crippen molar-refractivity contribution in [2.24, 2.45) is 7.05 Å². The van der Waals surface area contributed by atoms with Crippen LogP contribution >= 0.6 is 0 Å². The van der Waals surface area contributed by atoms with Crippen LogP contribution in [0.3, 0.4) is 0 Å². The van der Waals surface area contributed by atoms with Crippen LogP contribution in [0.5, 0.6) is 0 Å². The third-order valence-corrected chi connectivity index (χ3v) is 2.38. The summed E-state index contributed by atoms with van der Waals surface area (Å²) in [6, 6.07) is 0. The molecule has 0 spiro atoms. The normalized spacial score (nSPS) is 10.8. The minimum Gasteiger partial charge on any atom is -0.339 e. The van der Waals surface area contributed by atoms with E-state index in [-0.39, 0.29) is 18.5 Å². The number of hydrogen-bond acceptors (Lipinski definition) is 4. The first-order valence-electron chi connectivity index (χ1n) is 4.73. The number of imidazole rings is 1. The van der Waals surface area contributed by atoms with Crippen molar-refractivity contribution in [2.45, 2.75) is 13.0 Å². The van der Waals surface area contributed by atoms with E-state index in [1.807, 2.05) is 0 Å². The van der Waals surface area contributed by atoms with Crippen LogP contribution in [0, 0.1) is 0 Å². The molecule has 0 amide bonds. The molecule has 2 aromatic rings. The number of rotatable bonds is 3. The Hall–Kier alpha value is -2.18. The second-order valence-corrected chi connectivity index (χ2v) is 3.35. The monoisotopic (exact) mass is 222 g/mol. The van der Waals surface area contributed by atoms with Gasteiger partial charge in [-0.05, 0) is 0 Å². The van der Waals surface area contributed by atoms with Gasteiger partial charge in [-0.1, -0.05) is 0 Å². The zero-order valence-corrected chi connectivity index (χ0v) is 8.64. The van der Waals surface area contributed by atoms with Gasteiger partial charge in [0.2, 0.25) is 0 Å². The minimum atomic E-state index is -0.466. The third-order valence-electron chi connectivity index (χ3n) is 2.38. The smallest absolute Gasteiger partial charge is 0.332 e. The third kappa shape index (κ3) is 1.37. The summed E-state index contributed by atoms with van der Waals surface area (Å²) in [5.41, 5.74) is -0.325.